The lowest BCUT2D eigenvalue weighted by Gasteiger charge is -2.14. The third-order valence-electron chi connectivity index (χ3n) is 6.03. The zero-order chi connectivity index (χ0) is 35.9. The predicted octanol–water partition coefficient (Wildman–Crippen LogP) is 5.07. The Bertz CT molecular complexity index is 1780. The third kappa shape index (κ3) is 13.2. The van der Waals surface area contributed by atoms with E-state index in [1.807, 2.05) is 39.0 Å². The molecule has 0 spiro atoms. The molecule has 0 unspecified atom stereocenters. The van der Waals surface area contributed by atoms with Crippen LogP contribution in [0.15, 0.2) is 94.9 Å². The number of nitrogens with two attached hydrogens (primary N) is 2. The number of ether oxygens (including phenoxy) is 2. The van der Waals surface area contributed by atoms with Crippen LogP contribution in [0, 0.1) is 5.82 Å². The zero-order valence-corrected chi connectivity index (χ0v) is 28.5. The minimum Gasteiger partial charge on any atom is -0.495 e. The van der Waals surface area contributed by atoms with Crippen LogP contribution in [-0.2, 0) is 30.6 Å². The van der Waals surface area contributed by atoms with Crippen molar-refractivity contribution in [3.8, 4) is 16.9 Å². The molecule has 0 saturated carbocycles. The summed E-state index contributed by atoms with van der Waals surface area (Å²) in [7, 11) is -0.460. The number of anilines is 2. The van der Waals surface area contributed by atoms with Crippen molar-refractivity contribution >= 4 is 45.4 Å². The van der Waals surface area contributed by atoms with Crippen molar-refractivity contribution < 1.29 is 31.9 Å². The normalized spacial score (nSPS) is 11.1. The van der Waals surface area contributed by atoms with Crippen LogP contribution in [0.1, 0.15) is 26.3 Å². The van der Waals surface area contributed by atoms with Crippen LogP contribution >= 0.6 is 0 Å². The van der Waals surface area contributed by atoms with Gasteiger partial charge in [-0.25, -0.2) is 17.8 Å². The lowest BCUT2D eigenvalue weighted by atomic mass is 10.1. The van der Waals surface area contributed by atoms with E-state index >= 15 is 0 Å². The number of hydrogen-bond acceptors (Lipinski definition) is 9. The molecule has 6 N–H and O–H groups in total. The van der Waals surface area contributed by atoms with Crippen molar-refractivity contribution in [1.82, 2.24) is 4.98 Å². The molecule has 0 bridgehead atoms. The van der Waals surface area contributed by atoms with Crippen LogP contribution in [-0.4, -0.2) is 57.8 Å². The minimum atomic E-state index is -3.39. The summed E-state index contributed by atoms with van der Waals surface area (Å²) >= 11 is 0. The third-order valence-corrected chi connectivity index (χ3v) is 7.14. The number of hydrogen-bond donors (Lipinski definition) is 4. The van der Waals surface area contributed by atoms with Gasteiger partial charge in [0.05, 0.1) is 24.1 Å². The first kappa shape index (κ1) is 38.8. The highest BCUT2D eigenvalue weighted by Crippen LogP contribution is 2.28. The molecule has 0 aliphatic heterocycles. The summed E-state index contributed by atoms with van der Waals surface area (Å²) in [5.41, 5.74) is 13.7. The number of amides is 1. The topological polar surface area (TPSA) is 188 Å². The molecule has 0 aliphatic rings. The molecule has 4 rings (SSSR count). The molecule has 1 heterocycles. The number of aliphatic imine (C=N–C) groups is 1. The molecule has 0 atom stereocenters. The Balaban J connectivity index is 0.000000790. The van der Waals surface area contributed by atoms with Gasteiger partial charge in [0.15, 0.2) is 21.6 Å². The first-order chi connectivity index (χ1) is 22.7. The van der Waals surface area contributed by atoms with Gasteiger partial charge in [0, 0.05) is 29.8 Å². The van der Waals surface area contributed by atoms with Gasteiger partial charge >= 0.3 is 0 Å². The van der Waals surface area contributed by atoms with Crippen molar-refractivity contribution in [3.63, 3.8) is 0 Å². The number of pyridine rings is 1. The number of guanidine groups is 1. The average Bonchev–Trinajstić information content (AvgIpc) is 3.03. The number of aromatic nitrogens is 1. The quantitative estimate of drug-likeness (QED) is 0.106. The Kier molecular flexibility index (Phi) is 14.7. The van der Waals surface area contributed by atoms with E-state index in [4.69, 9.17) is 10.5 Å². The number of carbonyl (C=O) groups excluding carboxylic acids is 2. The van der Waals surface area contributed by atoms with Crippen LogP contribution in [0.4, 0.5) is 21.6 Å². The molecule has 4 aromatic rings. The maximum Gasteiger partial charge on any atom is 0.293 e. The van der Waals surface area contributed by atoms with E-state index in [1.54, 1.807) is 42.6 Å². The lowest BCUT2D eigenvalue weighted by molar-refractivity contribution is -0.138. The van der Waals surface area contributed by atoms with E-state index < -0.39 is 9.84 Å². The van der Waals surface area contributed by atoms with Gasteiger partial charge in [-0.05, 0) is 87.5 Å². The molecular weight excluding hydrogens is 639 g/mol. The Labute approximate surface area is 280 Å². The van der Waals surface area contributed by atoms with Gasteiger partial charge in [0.25, 0.3) is 6.47 Å². The first-order valence-electron chi connectivity index (χ1n) is 14.5. The van der Waals surface area contributed by atoms with E-state index in [1.165, 1.54) is 38.4 Å². The second kappa shape index (κ2) is 18.1. The number of rotatable bonds is 9. The number of benzene rings is 3. The molecule has 0 aliphatic carbocycles. The molecule has 14 heteroatoms. The van der Waals surface area contributed by atoms with Gasteiger partial charge in [-0.2, -0.15) is 4.99 Å². The molecule has 0 fully saturated rings. The van der Waals surface area contributed by atoms with Gasteiger partial charge in [-0.3, -0.25) is 9.59 Å². The van der Waals surface area contributed by atoms with Gasteiger partial charge < -0.3 is 31.6 Å². The van der Waals surface area contributed by atoms with Crippen molar-refractivity contribution in [3.05, 3.63) is 96.4 Å². The molecule has 0 radical (unpaired) electrons. The lowest BCUT2D eigenvalue weighted by Crippen LogP contribution is -2.22. The molecule has 12 nitrogen and oxygen atoms in total. The predicted molar refractivity (Wildman–Crippen MR) is 186 cm³/mol. The second-order valence-electron chi connectivity index (χ2n) is 10.9. The fourth-order valence-electron chi connectivity index (χ4n) is 3.80. The number of halogens is 1. The Morgan fingerprint density at radius 2 is 1.58 bits per heavy atom. The van der Waals surface area contributed by atoms with Crippen molar-refractivity contribution in [2.45, 2.75) is 37.7 Å². The van der Waals surface area contributed by atoms with E-state index in [-0.39, 0.29) is 34.6 Å². The zero-order valence-electron chi connectivity index (χ0n) is 27.7. The van der Waals surface area contributed by atoms with E-state index in [9.17, 15) is 22.4 Å². The van der Waals surface area contributed by atoms with Crippen LogP contribution in [0.25, 0.3) is 11.1 Å². The monoisotopic (exact) mass is 680 g/mol. The number of nitrogens with one attached hydrogen (secondary N) is 2. The summed E-state index contributed by atoms with van der Waals surface area (Å²) in [6, 6.07) is 21.0. The first-order valence-corrected chi connectivity index (χ1v) is 16.4. The van der Waals surface area contributed by atoms with Gasteiger partial charge in [-0.1, -0.05) is 24.3 Å². The Morgan fingerprint density at radius 3 is 2.08 bits per heavy atom. The highest BCUT2D eigenvalue weighted by atomic mass is 32.2. The second-order valence-corrected chi connectivity index (χ2v) is 12.9. The Hall–Kier alpha value is -5.34. The van der Waals surface area contributed by atoms with Crippen LogP contribution < -0.4 is 26.8 Å². The van der Waals surface area contributed by atoms with Crippen molar-refractivity contribution in [2.75, 3.05) is 31.0 Å². The molecule has 48 heavy (non-hydrogen) atoms. The summed E-state index contributed by atoms with van der Waals surface area (Å²) in [4.78, 5) is 30.6. The molecule has 3 aromatic carbocycles. The highest BCUT2D eigenvalue weighted by molar-refractivity contribution is 7.90. The van der Waals surface area contributed by atoms with Gasteiger partial charge in [0.1, 0.15) is 17.2 Å². The number of nitrogens with zero attached hydrogens (tertiary/aromatic N) is 2. The summed E-state index contributed by atoms with van der Waals surface area (Å²) in [6.45, 7) is 5.92. The van der Waals surface area contributed by atoms with E-state index in [0.29, 0.717) is 29.4 Å². The fraction of sp³-hybridized carbons (Fsp3) is 0.235. The van der Waals surface area contributed by atoms with E-state index in [2.05, 4.69) is 31.1 Å². The minimum absolute atomic E-state index is 0.0430. The van der Waals surface area contributed by atoms with Crippen molar-refractivity contribution in [2.24, 2.45) is 16.5 Å². The summed E-state index contributed by atoms with van der Waals surface area (Å²) in [6.07, 6.45) is 2.91. The fourth-order valence-corrected chi connectivity index (χ4v) is 4.44. The molecule has 1 amide bonds. The van der Waals surface area contributed by atoms with Crippen LogP contribution in [0.2, 0.25) is 0 Å². The van der Waals surface area contributed by atoms with Crippen LogP contribution in [0.5, 0.6) is 5.75 Å². The number of methoxy groups -OCH3 is 1. The largest absolute Gasteiger partial charge is 0.495 e. The maximum atomic E-state index is 13.0. The summed E-state index contributed by atoms with van der Waals surface area (Å²) < 4.78 is 46.4. The molecule has 256 valence electrons. The smallest absolute Gasteiger partial charge is 0.293 e. The standard InChI is InChI=1S/C28H26FN5O4S.C5H10O2.CH5N/c1-38-25-16-23(39(2,36)37)12-13-24(25)33-28(30)34-26-14-7-20(17-31-26)19-5-10-22(11-6-19)32-27(35)15-18-3-8-21(29)9-4-18;1-5(2,3)7-4-6;1-2/h3-14,16-17H,15H2,1-2H3,(H,32,35)(H3,30,31,33,34);4H,1-3H3;2H2,1H3. The molecule has 1 aromatic heterocycles. The van der Waals surface area contributed by atoms with Crippen molar-refractivity contribution in [1.29, 1.82) is 0 Å². The molecule has 0 saturated heterocycles. The maximum absolute atomic E-state index is 13.0. The van der Waals surface area contributed by atoms with Gasteiger partial charge in [-0.15, -0.1) is 0 Å². The number of sulfone groups is 1. The van der Waals surface area contributed by atoms with E-state index in [0.717, 1.165) is 22.9 Å². The average molecular weight is 681 g/mol. The highest BCUT2D eigenvalue weighted by Gasteiger charge is 2.13. The summed E-state index contributed by atoms with van der Waals surface area (Å²) in [5.74, 6) is 0.160. The molecular formula is C34H41FN6O6S. The Morgan fingerprint density at radius 1 is 0.958 bits per heavy atom. The van der Waals surface area contributed by atoms with Crippen LogP contribution in [0.3, 0.4) is 0 Å². The summed E-state index contributed by atoms with van der Waals surface area (Å²) in [5, 5.41) is 5.72. The SMILES string of the molecule is CC(C)(C)OC=O.CN.COc1cc(S(C)(=O)=O)ccc1NC(N)=Nc1ccc(-c2ccc(NC(=O)Cc3ccc(F)cc3)cc2)cn1. The number of carbonyl (C=O) groups is 2. The van der Waals surface area contributed by atoms with Gasteiger partial charge in [0.2, 0.25) is 5.91 Å².